The molecule has 0 aliphatic rings. The Bertz CT molecular complexity index is 836. The SMILES string of the molecule is CNCCCN=Cc1ccccc1[O-].CNCCCN=Cc1ccccc1[O-].[N-]=[N+]=[N-].[N-]=[N+]=[N-].[Ni+3].[Ni+3].[OH3+].[OH3+]. The second-order valence-electron chi connectivity index (χ2n) is 6.24. The summed E-state index contributed by atoms with van der Waals surface area (Å²) in [5, 5.41) is 28.6. The quantitative estimate of drug-likeness (QED) is 0.0757. The largest absolute Gasteiger partial charge is 3.00 e. The van der Waals surface area contributed by atoms with Crippen LogP contribution in [0.25, 0.3) is 31.9 Å². The van der Waals surface area contributed by atoms with Gasteiger partial charge < -0.3 is 53.9 Å². The zero-order valence-electron chi connectivity index (χ0n) is 21.2. The van der Waals surface area contributed by atoms with Crippen LogP contribution in [0.15, 0.2) is 58.5 Å². The van der Waals surface area contributed by atoms with Crippen molar-refractivity contribution in [1.82, 2.24) is 10.6 Å². The third kappa shape index (κ3) is 30.9. The van der Waals surface area contributed by atoms with E-state index in [-0.39, 0.29) is 55.4 Å². The predicted octanol–water partition coefficient (Wildman–Crippen LogP) is 1.46. The number of nitrogens with one attached hydrogen (secondary N) is 2. The average Bonchev–Trinajstić information content (AvgIpc) is 2.83. The number of benzene rings is 2. The van der Waals surface area contributed by atoms with E-state index < -0.39 is 0 Å². The molecule has 214 valence electrons. The molecular weight excluding hydrogens is 586 g/mol. The number of nitrogens with zero attached hydrogens (tertiary/aromatic N) is 8. The Morgan fingerprint density at radius 2 is 0.974 bits per heavy atom. The molecule has 2 rings (SSSR count). The first-order valence-corrected chi connectivity index (χ1v) is 10.3. The fourth-order valence-corrected chi connectivity index (χ4v) is 2.19. The van der Waals surface area contributed by atoms with Crippen molar-refractivity contribution < 1.29 is 54.1 Å². The van der Waals surface area contributed by atoms with Gasteiger partial charge in [0.05, 0.1) is 0 Å². The molecule has 0 aliphatic heterocycles. The summed E-state index contributed by atoms with van der Waals surface area (Å²) >= 11 is 0. The first-order chi connectivity index (χ1) is 16.5. The second-order valence-corrected chi connectivity index (χ2v) is 6.24. The average molecular weight is 622 g/mol. The van der Waals surface area contributed by atoms with Gasteiger partial charge in [-0.3, -0.25) is 19.8 Å². The zero-order valence-corrected chi connectivity index (χ0v) is 23.2. The molecule has 0 saturated heterocycles. The molecule has 14 nitrogen and oxygen atoms in total. The van der Waals surface area contributed by atoms with Gasteiger partial charge in [0, 0.05) is 25.5 Å². The molecule has 0 fully saturated rings. The van der Waals surface area contributed by atoms with Crippen molar-refractivity contribution in [3.63, 3.8) is 0 Å². The number of rotatable bonds is 10. The Labute approximate surface area is 243 Å². The van der Waals surface area contributed by atoms with Crippen LogP contribution >= 0.6 is 0 Å². The van der Waals surface area contributed by atoms with Gasteiger partial charge in [-0.1, -0.05) is 48.5 Å². The van der Waals surface area contributed by atoms with Gasteiger partial charge in [0.1, 0.15) is 0 Å². The molecule has 0 saturated carbocycles. The van der Waals surface area contributed by atoms with Gasteiger partial charge in [-0.15, -0.1) is 11.5 Å². The van der Waals surface area contributed by atoms with Crippen LogP contribution in [0.2, 0.25) is 0 Å². The second kappa shape index (κ2) is 38.4. The van der Waals surface area contributed by atoms with Crippen molar-refractivity contribution in [2.75, 3.05) is 40.3 Å². The van der Waals surface area contributed by atoms with Crippen LogP contribution in [0.1, 0.15) is 24.0 Å². The van der Waals surface area contributed by atoms with Gasteiger partial charge in [-0.25, -0.2) is 0 Å². The molecule has 2 radical (unpaired) electrons. The monoisotopic (exact) mass is 620 g/mol. The zero-order chi connectivity index (χ0) is 25.9. The van der Waals surface area contributed by atoms with Crippen LogP contribution in [0.5, 0.6) is 11.5 Å². The Kier molecular flexibility index (Phi) is 48.4. The minimum Gasteiger partial charge on any atom is -0.872 e. The van der Waals surface area contributed by atoms with Crippen molar-refractivity contribution >= 4 is 12.4 Å². The van der Waals surface area contributed by atoms with E-state index >= 15 is 0 Å². The van der Waals surface area contributed by atoms with E-state index in [1.165, 1.54) is 9.82 Å². The van der Waals surface area contributed by atoms with E-state index in [1.807, 2.05) is 26.2 Å². The van der Waals surface area contributed by atoms with E-state index in [9.17, 15) is 10.2 Å². The summed E-state index contributed by atoms with van der Waals surface area (Å²) in [6, 6.07) is 13.8. The molecule has 0 amide bonds. The summed E-state index contributed by atoms with van der Waals surface area (Å²) in [6.45, 7) is 3.43. The minimum absolute atomic E-state index is 0. The van der Waals surface area contributed by atoms with E-state index in [0.29, 0.717) is 11.1 Å². The molecule has 16 heteroatoms. The maximum Gasteiger partial charge on any atom is 3.00 e. The molecule has 0 aromatic heterocycles. The van der Waals surface area contributed by atoms with E-state index in [2.05, 4.69) is 20.6 Å². The molecule has 0 atom stereocenters. The summed E-state index contributed by atoms with van der Waals surface area (Å²) in [6.07, 6.45) is 5.29. The van der Waals surface area contributed by atoms with Gasteiger partial charge in [0.25, 0.3) is 0 Å². The first kappa shape index (κ1) is 48.0. The van der Waals surface area contributed by atoms with Crippen LogP contribution in [0, 0.1) is 0 Å². The molecule has 0 bridgehead atoms. The minimum atomic E-state index is 0. The summed E-state index contributed by atoms with van der Waals surface area (Å²) < 4.78 is 0. The Hall–Kier alpha value is -3.17. The van der Waals surface area contributed by atoms with E-state index in [1.54, 1.807) is 48.8 Å². The Morgan fingerprint density at radius 1 is 0.684 bits per heavy atom. The Morgan fingerprint density at radius 3 is 1.24 bits per heavy atom. The fraction of sp³-hybridized carbons (Fsp3) is 0.364. The maximum absolute atomic E-state index is 11.2. The van der Waals surface area contributed by atoms with Crippen molar-refractivity contribution in [1.29, 1.82) is 0 Å². The van der Waals surface area contributed by atoms with E-state index in [0.717, 1.165) is 39.0 Å². The van der Waals surface area contributed by atoms with Gasteiger partial charge in [-0.2, -0.15) is 0 Å². The summed E-state index contributed by atoms with van der Waals surface area (Å²) in [7, 11) is 3.83. The van der Waals surface area contributed by atoms with Crippen LogP contribution in [0.4, 0.5) is 0 Å². The van der Waals surface area contributed by atoms with Crippen molar-refractivity contribution in [3.8, 4) is 11.5 Å². The molecule has 0 unspecified atom stereocenters. The van der Waals surface area contributed by atoms with Crippen LogP contribution < -0.4 is 20.8 Å². The Balaban J connectivity index is -0.000000102. The van der Waals surface area contributed by atoms with Crippen molar-refractivity contribution in [2.45, 2.75) is 12.8 Å². The smallest absolute Gasteiger partial charge is 0.872 e. The standard InChI is InChI=1S/2C11H16N2O.2N3.2Ni.2H2O/c2*1-12-7-4-8-13-9-10-5-2-3-6-11(10)14;2*1-3-2;;;;/h2*2-3,5-6,9,12,14H,4,7-8H2,1H3;;;;;2*1H2/q;;2*-1;2*+3;;. The fourth-order valence-electron chi connectivity index (χ4n) is 2.19. The molecule has 2 aromatic rings. The van der Waals surface area contributed by atoms with Crippen LogP contribution in [-0.2, 0) is 43.9 Å². The normalized spacial score (nSPS) is 8.47. The number of hydrogen-bond acceptors (Lipinski definition) is 6. The summed E-state index contributed by atoms with van der Waals surface area (Å²) in [5.74, 6) is 0.0646. The van der Waals surface area contributed by atoms with Gasteiger partial charge in [0.2, 0.25) is 0 Å². The van der Waals surface area contributed by atoms with Crippen LogP contribution in [0.3, 0.4) is 0 Å². The van der Waals surface area contributed by atoms with Gasteiger partial charge in [0.15, 0.2) is 0 Å². The van der Waals surface area contributed by atoms with Crippen LogP contribution in [-0.4, -0.2) is 52.7 Å². The topological polar surface area (TPSA) is 278 Å². The molecule has 8 N–H and O–H groups in total. The number of para-hydroxylation sites is 2. The molecular formula is C22H36N10Ni2O4+4. The molecule has 38 heavy (non-hydrogen) atoms. The van der Waals surface area contributed by atoms with Crippen molar-refractivity contribution in [3.05, 3.63) is 91.6 Å². The molecule has 0 heterocycles. The molecule has 0 spiro atoms. The number of hydrogen-bond donors (Lipinski definition) is 2. The first-order valence-electron chi connectivity index (χ1n) is 10.3. The van der Waals surface area contributed by atoms with Gasteiger partial charge >= 0.3 is 33.0 Å². The third-order valence-electron chi connectivity index (χ3n) is 3.73. The molecule has 2 aromatic carbocycles. The van der Waals surface area contributed by atoms with Gasteiger partial charge in [-0.05, 0) is 51.2 Å². The molecule has 0 aliphatic carbocycles. The number of aliphatic imine (C=N–C) groups is 2. The summed E-state index contributed by atoms with van der Waals surface area (Å²) in [5.41, 5.74) is 28.3. The summed E-state index contributed by atoms with van der Waals surface area (Å²) in [4.78, 5) is 11.3. The predicted molar refractivity (Wildman–Crippen MR) is 144 cm³/mol. The van der Waals surface area contributed by atoms with Crippen molar-refractivity contribution in [2.24, 2.45) is 9.98 Å². The van der Waals surface area contributed by atoms with E-state index in [4.69, 9.17) is 22.1 Å². The third-order valence-corrected chi connectivity index (χ3v) is 3.73. The maximum atomic E-state index is 11.2.